The van der Waals surface area contributed by atoms with Crippen molar-refractivity contribution in [1.82, 2.24) is 0 Å². The van der Waals surface area contributed by atoms with Gasteiger partial charge in [0, 0.05) is 16.8 Å². The van der Waals surface area contributed by atoms with Crippen LogP contribution < -0.4 is 14.3 Å². The molecule has 0 bridgehead atoms. The van der Waals surface area contributed by atoms with E-state index in [-0.39, 0.29) is 11.1 Å². The Labute approximate surface area is 259 Å². The van der Waals surface area contributed by atoms with Crippen molar-refractivity contribution in [1.29, 1.82) is 0 Å². The lowest BCUT2D eigenvalue weighted by atomic mass is 10.00. The maximum Gasteiger partial charge on any atom is 0.418 e. The predicted octanol–water partition coefficient (Wildman–Crippen LogP) is 8.03. The molecule has 0 atom stereocenters. The highest BCUT2D eigenvalue weighted by molar-refractivity contribution is 7.99. The minimum absolute atomic E-state index is 0.189. The summed E-state index contributed by atoms with van der Waals surface area (Å²) < 4.78 is 133. The highest BCUT2D eigenvalue weighted by atomic mass is 32.2. The Morgan fingerprint density at radius 3 is 1.24 bits per heavy atom. The van der Waals surface area contributed by atoms with Crippen molar-refractivity contribution in [2.45, 2.75) is 22.1 Å². The fraction of sp³-hybridized carbons (Fsp3) is 0.172. The van der Waals surface area contributed by atoms with Gasteiger partial charge < -0.3 is 4.90 Å². The molecule has 0 radical (unpaired) electrons. The van der Waals surface area contributed by atoms with Crippen LogP contribution in [0.15, 0.2) is 82.6 Å². The Balaban J connectivity index is 1.52. The van der Waals surface area contributed by atoms with E-state index in [0.29, 0.717) is 20.9 Å². The second kappa shape index (κ2) is 11.2. The van der Waals surface area contributed by atoms with Crippen molar-refractivity contribution in [2.75, 3.05) is 33.9 Å². The van der Waals surface area contributed by atoms with Crippen LogP contribution in [0.4, 0.5) is 49.1 Å². The zero-order valence-corrected chi connectivity index (χ0v) is 26.0. The predicted molar refractivity (Wildman–Crippen MR) is 163 cm³/mol. The normalized spacial score (nSPS) is 13.7. The standard InChI is InChI=1S/C29H23F6N3O4S3/c1-38-24-10-6-18(16-4-8-22(36-44(2,39)40)20(12-16)28(30,31)32)14-26(24)43-27-15-19(7-11-25(27)38)17-5-9-23(37-45(3,41)42)21(13-17)29(33,34)35/h4-15,36-37H,1-3H3. The van der Waals surface area contributed by atoms with Crippen LogP contribution in [-0.2, 0) is 32.4 Å². The van der Waals surface area contributed by atoms with E-state index >= 15 is 0 Å². The minimum Gasteiger partial charge on any atom is -0.343 e. The first-order chi connectivity index (χ1) is 20.7. The monoisotopic (exact) mass is 687 g/mol. The van der Waals surface area contributed by atoms with Crippen LogP contribution in [0.25, 0.3) is 22.3 Å². The maximum atomic E-state index is 13.8. The number of benzene rings is 4. The molecule has 0 fully saturated rings. The van der Waals surface area contributed by atoms with Gasteiger partial charge in [-0.1, -0.05) is 36.0 Å². The maximum absolute atomic E-state index is 13.8. The van der Waals surface area contributed by atoms with Crippen molar-refractivity contribution in [3.63, 3.8) is 0 Å². The lowest BCUT2D eigenvalue weighted by Gasteiger charge is -2.30. The van der Waals surface area contributed by atoms with Crippen molar-refractivity contribution in [2.24, 2.45) is 0 Å². The number of nitrogens with one attached hydrogen (secondary N) is 2. The number of sulfonamides is 2. The minimum atomic E-state index is -4.84. The lowest BCUT2D eigenvalue weighted by molar-refractivity contribution is -0.137. The summed E-state index contributed by atoms with van der Waals surface area (Å²) in [6.45, 7) is 0. The van der Waals surface area contributed by atoms with Crippen LogP contribution in [-0.4, -0.2) is 36.4 Å². The van der Waals surface area contributed by atoms with Crippen molar-refractivity contribution < 1.29 is 43.2 Å². The van der Waals surface area contributed by atoms with Gasteiger partial charge in [0.05, 0.1) is 46.4 Å². The summed E-state index contributed by atoms with van der Waals surface area (Å²) in [5.41, 5.74) is -0.797. The van der Waals surface area contributed by atoms with Crippen LogP contribution in [0.1, 0.15) is 11.1 Å². The molecule has 1 heterocycles. The van der Waals surface area contributed by atoms with Crippen molar-refractivity contribution in [3.8, 4) is 22.3 Å². The molecule has 7 nitrogen and oxygen atoms in total. The van der Waals surface area contributed by atoms with E-state index in [9.17, 15) is 43.2 Å². The van der Waals surface area contributed by atoms with Crippen LogP contribution in [0, 0.1) is 0 Å². The molecule has 5 rings (SSSR count). The fourth-order valence-electron chi connectivity index (χ4n) is 4.85. The van der Waals surface area contributed by atoms with Gasteiger partial charge in [-0.25, -0.2) is 16.8 Å². The Hall–Kier alpha value is -3.89. The molecule has 4 aromatic rings. The van der Waals surface area contributed by atoms with Crippen LogP contribution in [0.3, 0.4) is 0 Å². The molecule has 0 spiro atoms. The first kappa shape index (κ1) is 32.5. The summed E-state index contributed by atoms with van der Waals surface area (Å²) in [6, 6.07) is 16.6. The smallest absolute Gasteiger partial charge is 0.343 e. The fourth-order valence-corrected chi connectivity index (χ4v) is 7.23. The molecule has 0 aliphatic carbocycles. The first-order valence-electron chi connectivity index (χ1n) is 12.8. The number of nitrogens with zero attached hydrogens (tertiary/aromatic N) is 1. The molecule has 0 amide bonds. The van der Waals surface area contributed by atoms with E-state index in [2.05, 4.69) is 0 Å². The highest BCUT2D eigenvalue weighted by Gasteiger charge is 2.36. The average molecular weight is 688 g/mol. The molecule has 45 heavy (non-hydrogen) atoms. The van der Waals surface area contributed by atoms with Gasteiger partial charge in [-0.05, 0) is 70.8 Å². The summed E-state index contributed by atoms with van der Waals surface area (Å²) >= 11 is 1.28. The topological polar surface area (TPSA) is 95.6 Å². The van der Waals surface area contributed by atoms with Gasteiger partial charge in [0.1, 0.15) is 0 Å². The number of rotatable bonds is 6. The summed E-state index contributed by atoms with van der Waals surface area (Å²) in [4.78, 5) is 3.17. The second-order valence-corrected chi connectivity index (χ2v) is 14.9. The van der Waals surface area contributed by atoms with Gasteiger partial charge in [-0.15, -0.1) is 0 Å². The molecule has 0 saturated carbocycles. The summed E-state index contributed by atoms with van der Waals surface area (Å²) in [5.74, 6) is 0. The quantitative estimate of drug-likeness (QED) is 0.199. The Morgan fingerprint density at radius 1 is 0.578 bits per heavy atom. The lowest BCUT2D eigenvalue weighted by Crippen LogP contribution is -2.16. The van der Waals surface area contributed by atoms with Gasteiger partial charge in [-0.2, -0.15) is 26.3 Å². The number of hydrogen-bond acceptors (Lipinski definition) is 6. The Kier molecular flexibility index (Phi) is 8.07. The number of halogens is 6. The molecule has 2 N–H and O–H groups in total. The van der Waals surface area contributed by atoms with Gasteiger partial charge in [0.2, 0.25) is 20.0 Å². The molecule has 1 aliphatic heterocycles. The molecular weight excluding hydrogens is 665 g/mol. The van der Waals surface area contributed by atoms with Gasteiger partial charge >= 0.3 is 12.4 Å². The third kappa shape index (κ3) is 7.17. The van der Waals surface area contributed by atoms with E-state index in [1.165, 1.54) is 23.9 Å². The molecule has 4 aromatic carbocycles. The number of fused-ring (bicyclic) bond motifs is 2. The first-order valence-corrected chi connectivity index (χ1v) is 17.4. The van der Waals surface area contributed by atoms with Crippen LogP contribution in [0.2, 0.25) is 0 Å². The zero-order chi connectivity index (χ0) is 33.1. The van der Waals surface area contributed by atoms with E-state index in [1.54, 1.807) is 43.4 Å². The van der Waals surface area contributed by atoms with Gasteiger partial charge in [-0.3, -0.25) is 9.44 Å². The summed E-state index contributed by atoms with van der Waals surface area (Å²) in [5, 5.41) is 0. The average Bonchev–Trinajstić information content (AvgIpc) is 2.90. The Bertz CT molecular complexity index is 1900. The molecule has 16 heteroatoms. The van der Waals surface area contributed by atoms with E-state index in [1.807, 2.05) is 14.3 Å². The highest BCUT2D eigenvalue weighted by Crippen LogP contribution is 2.50. The molecule has 1 aliphatic rings. The molecule has 0 saturated heterocycles. The molecule has 0 unspecified atom stereocenters. The third-order valence-corrected chi connectivity index (χ3v) is 9.04. The molecule has 238 valence electrons. The third-order valence-electron chi connectivity index (χ3n) is 6.77. The Morgan fingerprint density at radius 2 is 0.911 bits per heavy atom. The number of hydrogen-bond donors (Lipinski definition) is 2. The molecule has 0 aromatic heterocycles. The van der Waals surface area contributed by atoms with Crippen LogP contribution >= 0.6 is 11.8 Å². The van der Waals surface area contributed by atoms with Gasteiger partial charge in [0.25, 0.3) is 0 Å². The largest absolute Gasteiger partial charge is 0.418 e. The van der Waals surface area contributed by atoms with Crippen LogP contribution in [0.5, 0.6) is 0 Å². The van der Waals surface area contributed by atoms with Crippen molar-refractivity contribution in [3.05, 3.63) is 83.9 Å². The summed E-state index contributed by atoms with van der Waals surface area (Å²) in [7, 11) is -6.16. The number of alkyl halides is 6. The number of anilines is 4. The van der Waals surface area contributed by atoms with Crippen molar-refractivity contribution >= 4 is 54.6 Å². The SMILES string of the molecule is CN1c2ccc(-c3ccc(NS(C)(=O)=O)c(C(F)(F)F)c3)cc2Sc2cc(-c3ccc(NS(C)(=O)=O)c(C(F)(F)F)c3)ccc21. The van der Waals surface area contributed by atoms with E-state index in [4.69, 9.17) is 0 Å². The van der Waals surface area contributed by atoms with E-state index in [0.717, 1.165) is 48.2 Å². The summed E-state index contributed by atoms with van der Waals surface area (Å²) in [6.07, 6.45) is -8.18. The van der Waals surface area contributed by atoms with Gasteiger partial charge in [0.15, 0.2) is 0 Å². The van der Waals surface area contributed by atoms with E-state index < -0.39 is 54.9 Å². The zero-order valence-electron chi connectivity index (χ0n) is 23.5. The molecular formula is C29H23F6N3O4S3. The second-order valence-electron chi connectivity index (χ2n) is 10.3.